The van der Waals surface area contributed by atoms with Gasteiger partial charge in [-0.15, -0.1) is 10.2 Å². The summed E-state index contributed by atoms with van der Waals surface area (Å²) in [7, 11) is 0. The van der Waals surface area contributed by atoms with Gasteiger partial charge in [-0.25, -0.2) is 4.98 Å². The van der Waals surface area contributed by atoms with Gasteiger partial charge in [0.25, 0.3) is 0 Å². The fraction of sp³-hybridized carbons (Fsp3) is 0.381. The van der Waals surface area contributed by atoms with Crippen molar-refractivity contribution < 1.29 is 5.11 Å². The summed E-state index contributed by atoms with van der Waals surface area (Å²) in [4.78, 5) is 4.04. The van der Waals surface area contributed by atoms with Crippen LogP contribution in [0.15, 0.2) is 42.5 Å². The minimum atomic E-state index is 0.196. The third kappa shape index (κ3) is 3.14. The molecule has 0 unspecified atom stereocenters. The Labute approximate surface area is 168 Å². The van der Waals surface area contributed by atoms with Gasteiger partial charge in [-0.2, -0.15) is 0 Å². The van der Waals surface area contributed by atoms with Crippen molar-refractivity contribution in [3.8, 4) is 22.0 Å². The van der Waals surface area contributed by atoms with E-state index in [2.05, 4.69) is 40.4 Å². The molecule has 0 radical (unpaired) electrons. The van der Waals surface area contributed by atoms with Crippen molar-refractivity contribution in [3.05, 3.63) is 47.5 Å². The van der Waals surface area contributed by atoms with Gasteiger partial charge < -0.3 is 15.0 Å². The predicted molar refractivity (Wildman–Crippen MR) is 111 cm³/mol. The van der Waals surface area contributed by atoms with Gasteiger partial charge in [0.2, 0.25) is 0 Å². The minimum absolute atomic E-state index is 0.196. The number of imidazole rings is 1. The molecular weight excluding hydrogens is 370 g/mol. The third-order valence-electron chi connectivity index (χ3n) is 5.85. The Balaban J connectivity index is 1.41. The van der Waals surface area contributed by atoms with E-state index < -0.39 is 0 Å². The highest BCUT2D eigenvalue weighted by atomic mass is 32.1. The number of nitrogens with one attached hydrogen (secondary N) is 1. The second-order valence-electron chi connectivity index (χ2n) is 8.52. The van der Waals surface area contributed by atoms with Crippen molar-refractivity contribution in [1.29, 1.82) is 0 Å². The second kappa shape index (κ2) is 6.25. The van der Waals surface area contributed by atoms with Crippen molar-refractivity contribution in [1.82, 2.24) is 25.1 Å². The second-order valence-corrected chi connectivity index (χ2v) is 9.53. The van der Waals surface area contributed by atoms with E-state index in [9.17, 15) is 5.11 Å². The first-order valence-electron chi connectivity index (χ1n) is 9.56. The summed E-state index contributed by atoms with van der Waals surface area (Å²) in [5.74, 6) is 0.196. The van der Waals surface area contributed by atoms with Gasteiger partial charge in [-0.05, 0) is 57.7 Å². The molecule has 3 aromatic rings. The molecule has 2 fully saturated rings. The van der Waals surface area contributed by atoms with Gasteiger partial charge in [0.1, 0.15) is 10.8 Å². The highest BCUT2D eigenvalue weighted by Gasteiger charge is 2.46. The number of aromatic nitrogens is 4. The van der Waals surface area contributed by atoms with Gasteiger partial charge >= 0.3 is 0 Å². The first-order valence-corrected chi connectivity index (χ1v) is 10.4. The molecule has 0 spiro atoms. The molecule has 2 N–H and O–H groups in total. The van der Waals surface area contributed by atoms with Gasteiger partial charge in [0, 0.05) is 29.5 Å². The summed E-state index contributed by atoms with van der Waals surface area (Å²) in [5.41, 5.74) is 3.40. The van der Waals surface area contributed by atoms with E-state index >= 15 is 0 Å². The third-order valence-corrected chi connectivity index (χ3v) is 6.75. The summed E-state index contributed by atoms with van der Waals surface area (Å²) in [6.07, 6.45) is 12.0. The number of hydrogen-bond donors (Lipinski definition) is 2. The Bertz CT molecular complexity index is 1040. The lowest BCUT2D eigenvalue weighted by Crippen LogP contribution is -2.51. The van der Waals surface area contributed by atoms with E-state index in [0.29, 0.717) is 5.56 Å². The Kier molecular flexibility index (Phi) is 3.93. The van der Waals surface area contributed by atoms with Crippen molar-refractivity contribution in [2.24, 2.45) is 0 Å². The predicted octanol–water partition coefficient (Wildman–Crippen LogP) is 4.17. The maximum Gasteiger partial charge on any atom is 0.151 e. The number of benzene rings is 1. The number of hydrogen-bond acceptors (Lipinski definition) is 6. The average Bonchev–Trinajstić information content (AvgIpc) is 3.35. The molecule has 0 amide bonds. The Morgan fingerprint density at radius 3 is 2.64 bits per heavy atom. The lowest BCUT2D eigenvalue weighted by atomic mass is 9.84. The molecule has 1 aromatic carbocycles. The summed E-state index contributed by atoms with van der Waals surface area (Å²) < 4.78 is 1.85. The minimum Gasteiger partial charge on any atom is -0.507 e. The summed E-state index contributed by atoms with van der Waals surface area (Å²) >= 11 is 1.52. The molecule has 4 heterocycles. The van der Waals surface area contributed by atoms with Crippen LogP contribution in [0.3, 0.4) is 0 Å². The maximum atomic E-state index is 10.5. The number of phenols is 1. The number of rotatable bonds is 3. The van der Waals surface area contributed by atoms with E-state index in [1.807, 2.05) is 22.9 Å². The highest BCUT2D eigenvalue weighted by Crippen LogP contribution is 2.45. The van der Waals surface area contributed by atoms with Crippen LogP contribution < -0.4 is 5.32 Å². The molecule has 7 heteroatoms. The van der Waals surface area contributed by atoms with Crippen LogP contribution in [0.25, 0.3) is 22.3 Å². The first-order chi connectivity index (χ1) is 13.4. The Hall–Kier alpha value is -2.51. The SMILES string of the molecule is C[C@]12CC[C@](C)(CC(=Cc3nnc(-c4ccc(-n5ccnc5)cc4O)s3)C1)N2. The number of piperidine rings is 1. The van der Waals surface area contributed by atoms with Crippen LogP contribution >= 0.6 is 11.3 Å². The largest absolute Gasteiger partial charge is 0.507 e. The molecule has 6 nitrogen and oxygen atoms in total. The zero-order chi connectivity index (χ0) is 19.4. The van der Waals surface area contributed by atoms with Crippen molar-refractivity contribution in [3.63, 3.8) is 0 Å². The number of aromatic hydroxyl groups is 1. The quantitative estimate of drug-likeness (QED) is 0.698. The van der Waals surface area contributed by atoms with Gasteiger partial charge in [-0.3, -0.25) is 0 Å². The van der Waals surface area contributed by atoms with Gasteiger partial charge in [0.05, 0.1) is 17.6 Å². The average molecular weight is 394 g/mol. The van der Waals surface area contributed by atoms with Crippen molar-refractivity contribution in [2.75, 3.05) is 0 Å². The molecule has 0 saturated carbocycles. The summed E-state index contributed by atoms with van der Waals surface area (Å²) in [5, 5.41) is 24.6. The van der Waals surface area contributed by atoms with Crippen LogP contribution in [0, 0.1) is 0 Å². The molecule has 2 bridgehead atoms. The van der Waals surface area contributed by atoms with E-state index in [4.69, 9.17) is 0 Å². The van der Waals surface area contributed by atoms with Crippen LogP contribution in [0.5, 0.6) is 5.75 Å². The van der Waals surface area contributed by atoms with Crippen LogP contribution in [0.4, 0.5) is 0 Å². The number of nitrogens with zero attached hydrogens (tertiary/aromatic N) is 4. The zero-order valence-corrected chi connectivity index (χ0v) is 16.8. The summed E-state index contributed by atoms with van der Waals surface area (Å²) in [6, 6.07) is 5.56. The fourth-order valence-corrected chi connectivity index (χ4v) is 5.56. The molecule has 2 saturated heterocycles. The normalized spacial score (nSPS) is 28.1. The molecule has 2 aromatic heterocycles. The molecule has 2 aliphatic heterocycles. The molecule has 144 valence electrons. The molecule has 5 rings (SSSR count). The monoisotopic (exact) mass is 393 g/mol. The Morgan fingerprint density at radius 1 is 1.18 bits per heavy atom. The maximum absolute atomic E-state index is 10.5. The standard InChI is InChI=1S/C21H23N5OS/c1-20-5-6-21(2,25-20)12-14(11-20)9-18-23-24-19(28-18)16-4-3-15(10-17(16)27)26-8-7-22-13-26/h3-4,7-10,13,25,27H,5-6,11-12H2,1-2H3/t20-,21+. The lowest BCUT2D eigenvalue weighted by Gasteiger charge is -2.38. The molecule has 28 heavy (non-hydrogen) atoms. The van der Waals surface area contributed by atoms with E-state index in [1.165, 1.54) is 29.8 Å². The topological polar surface area (TPSA) is 75.9 Å². The van der Waals surface area contributed by atoms with Crippen LogP contribution in [0.1, 0.15) is 44.5 Å². The molecule has 0 aliphatic carbocycles. The molecular formula is C21H23N5OS. The van der Waals surface area contributed by atoms with Gasteiger partial charge in [0.15, 0.2) is 5.01 Å². The fourth-order valence-electron chi connectivity index (χ4n) is 4.69. The van der Waals surface area contributed by atoms with Crippen LogP contribution in [-0.2, 0) is 0 Å². The van der Waals surface area contributed by atoms with Crippen LogP contribution in [-0.4, -0.2) is 35.9 Å². The van der Waals surface area contributed by atoms with Crippen molar-refractivity contribution in [2.45, 2.75) is 50.6 Å². The smallest absolute Gasteiger partial charge is 0.151 e. The number of fused-ring (bicyclic) bond motifs is 2. The van der Waals surface area contributed by atoms with Crippen LogP contribution in [0.2, 0.25) is 0 Å². The molecule has 2 atom stereocenters. The van der Waals surface area contributed by atoms with E-state index in [1.54, 1.807) is 18.6 Å². The van der Waals surface area contributed by atoms with E-state index in [0.717, 1.165) is 28.5 Å². The zero-order valence-electron chi connectivity index (χ0n) is 16.0. The Morgan fingerprint density at radius 2 is 1.96 bits per heavy atom. The van der Waals surface area contributed by atoms with E-state index in [-0.39, 0.29) is 16.8 Å². The highest BCUT2D eigenvalue weighted by molar-refractivity contribution is 7.15. The van der Waals surface area contributed by atoms with Gasteiger partial charge in [-0.1, -0.05) is 16.9 Å². The summed E-state index contributed by atoms with van der Waals surface area (Å²) in [6.45, 7) is 4.63. The first kappa shape index (κ1) is 17.6. The van der Waals surface area contributed by atoms with Crippen molar-refractivity contribution >= 4 is 17.4 Å². The lowest BCUT2D eigenvalue weighted by molar-refractivity contribution is 0.282. The number of phenolic OH excluding ortho intramolecular Hbond substituents is 1. The molecule has 2 aliphatic rings.